The molecular weight excluding hydrogens is 364 g/mol. The van der Waals surface area contributed by atoms with Gasteiger partial charge in [0.2, 0.25) is 5.91 Å². The smallest absolute Gasteiger partial charge is 0.225 e. The number of carbonyl (C=O) groups is 1. The number of hydrogen-bond donors (Lipinski definition) is 3. The summed E-state index contributed by atoms with van der Waals surface area (Å²) < 4.78 is 0. The molecule has 2 heterocycles. The maximum absolute atomic E-state index is 12.6. The number of hydrogen-bond acceptors (Lipinski definition) is 3. The molecular formula is C22H32N6O. The molecule has 1 saturated heterocycles. The number of carbonyl (C=O) groups excluding carboxylic acids is 1. The summed E-state index contributed by atoms with van der Waals surface area (Å²) in [5, 5.41) is 6.85. The van der Waals surface area contributed by atoms with Gasteiger partial charge in [0, 0.05) is 44.6 Å². The van der Waals surface area contributed by atoms with Crippen LogP contribution in [0, 0.1) is 5.92 Å². The molecule has 7 nitrogen and oxygen atoms in total. The van der Waals surface area contributed by atoms with Crippen LogP contribution in [0.15, 0.2) is 29.3 Å². The standard InChI is InChI=1S/C22H32N6O/c1-2-23-22(24-13-11-20-26-18-9-5-6-10-19(18)27-20)25-17-12-14-28(15-17)21(29)16-7-3-4-8-16/h5-6,9-10,16-17H,2-4,7-8,11-15H2,1H3,(H,26,27)(H2,23,24,25). The summed E-state index contributed by atoms with van der Waals surface area (Å²) in [6, 6.07) is 8.34. The molecule has 7 heteroatoms. The van der Waals surface area contributed by atoms with E-state index in [0.717, 1.165) is 68.1 Å². The maximum Gasteiger partial charge on any atom is 0.225 e. The third-order valence-electron chi connectivity index (χ3n) is 5.95. The Labute approximate surface area is 172 Å². The first-order valence-corrected chi connectivity index (χ1v) is 11.0. The number of para-hydroxylation sites is 2. The predicted octanol–water partition coefficient (Wildman–Crippen LogP) is 2.45. The van der Waals surface area contributed by atoms with Gasteiger partial charge in [-0.15, -0.1) is 0 Å². The zero-order valence-electron chi connectivity index (χ0n) is 17.3. The second kappa shape index (κ2) is 9.29. The highest BCUT2D eigenvalue weighted by Crippen LogP contribution is 2.27. The molecule has 0 bridgehead atoms. The fourth-order valence-corrected chi connectivity index (χ4v) is 4.42. The van der Waals surface area contributed by atoms with Crippen LogP contribution >= 0.6 is 0 Å². The number of fused-ring (bicyclic) bond motifs is 1. The summed E-state index contributed by atoms with van der Waals surface area (Å²) in [5.74, 6) is 2.40. The first kappa shape index (κ1) is 19.7. The average molecular weight is 397 g/mol. The van der Waals surface area contributed by atoms with Gasteiger partial charge in [0.1, 0.15) is 5.82 Å². The van der Waals surface area contributed by atoms with E-state index in [0.29, 0.717) is 12.5 Å². The molecule has 1 saturated carbocycles. The number of amides is 1. The van der Waals surface area contributed by atoms with E-state index in [9.17, 15) is 4.79 Å². The lowest BCUT2D eigenvalue weighted by molar-refractivity contribution is -0.134. The van der Waals surface area contributed by atoms with Crippen LogP contribution in [0.2, 0.25) is 0 Å². The zero-order valence-corrected chi connectivity index (χ0v) is 17.3. The summed E-state index contributed by atoms with van der Waals surface area (Å²) in [7, 11) is 0. The number of nitrogens with zero attached hydrogens (tertiary/aromatic N) is 3. The van der Waals surface area contributed by atoms with Crippen molar-refractivity contribution in [1.29, 1.82) is 0 Å². The van der Waals surface area contributed by atoms with E-state index in [1.165, 1.54) is 12.8 Å². The molecule has 3 N–H and O–H groups in total. The average Bonchev–Trinajstić information content (AvgIpc) is 3.48. The predicted molar refractivity (Wildman–Crippen MR) is 116 cm³/mol. The number of H-pyrrole nitrogens is 1. The zero-order chi connectivity index (χ0) is 20.1. The maximum atomic E-state index is 12.6. The third-order valence-corrected chi connectivity index (χ3v) is 5.95. The lowest BCUT2D eigenvalue weighted by Gasteiger charge is -2.21. The lowest BCUT2D eigenvalue weighted by atomic mass is 10.1. The van der Waals surface area contributed by atoms with E-state index in [1.54, 1.807) is 0 Å². The molecule has 1 aromatic carbocycles. The van der Waals surface area contributed by atoms with Crippen LogP contribution in [-0.4, -0.2) is 59.0 Å². The molecule has 1 atom stereocenters. The molecule has 1 unspecified atom stereocenters. The van der Waals surface area contributed by atoms with Crippen molar-refractivity contribution in [3.63, 3.8) is 0 Å². The number of guanidine groups is 1. The Hall–Kier alpha value is -2.57. The van der Waals surface area contributed by atoms with Crippen LogP contribution in [0.5, 0.6) is 0 Å². The van der Waals surface area contributed by atoms with Crippen LogP contribution in [0.4, 0.5) is 0 Å². The van der Waals surface area contributed by atoms with Crippen molar-refractivity contribution in [1.82, 2.24) is 25.5 Å². The number of imidazole rings is 1. The highest BCUT2D eigenvalue weighted by molar-refractivity contribution is 5.81. The van der Waals surface area contributed by atoms with Crippen molar-refractivity contribution in [3.05, 3.63) is 30.1 Å². The van der Waals surface area contributed by atoms with Gasteiger partial charge in [-0.1, -0.05) is 25.0 Å². The lowest BCUT2D eigenvalue weighted by Crippen LogP contribution is -2.45. The number of likely N-dealkylation sites (tertiary alicyclic amines) is 1. The van der Waals surface area contributed by atoms with E-state index < -0.39 is 0 Å². The van der Waals surface area contributed by atoms with Crippen molar-refractivity contribution < 1.29 is 4.79 Å². The minimum absolute atomic E-state index is 0.263. The number of nitrogens with one attached hydrogen (secondary N) is 3. The van der Waals surface area contributed by atoms with Crippen LogP contribution in [0.1, 0.15) is 44.9 Å². The Morgan fingerprint density at radius 2 is 2.10 bits per heavy atom. The Kier molecular flexibility index (Phi) is 6.32. The Morgan fingerprint density at radius 3 is 2.90 bits per heavy atom. The first-order valence-electron chi connectivity index (χ1n) is 11.0. The van der Waals surface area contributed by atoms with Crippen LogP contribution < -0.4 is 10.6 Å². The number of rotatable bonds is 6. The van der Waals surface area contributed by atoms with Gasteiger partial charge in [-0.25, -0.2) is 4.98 Å². The second-order valence-electron chi connectivity index (χ2n) is 8.11. The van der Waals surface area contributed by atoms with Gasteiger partial charge >= 0.3 is 0 Å². The van der Waals surface area contributed by atoms with Crippen molar-refractivity contribution in [2.24, 2.45) is 10.9 Å². The summed E-state index contributed by atoms with van der Waals surface area (Å²) >= 11 is 0. The highest BCUT2D eigenvalue weighted by atomic mass is 16.2. The summed E-state index contributed by atoms with van der Waals surface area (Å²) in [6.45, 7) is 5.18. The Balaban J connectivity index is 1.29. The van der Waals surface area contributed by atoms with Crippen LogP contribution in [0.3, 0.4) is 0 Å². The minimum Gasteiger partial charge on any atom is -0.357 e. The fourth-order valence-electron chi connectivity index (χ4n) is 4.42. The number of benzene rings is 1. The second-order valence-corrected chi connectivity index (χ2v) is 8.11. The Bertz CT molecular complexity index is 821. The third kappa shape index (κ3) is 4.89. The molecule has 0 radical (unpaired) electrons. The quantitative estimate of drug-likeness (QED) is 0.517. The minimum atomic E-state index is 0.263. The summed E-state index contributed by atoms with van der Waals surface area (Å²) in [5.41, 5.74) is 2.06. The van der Waals surface area contributed by atoms with E-state index >= 15 is 0 Å². The number of aliphatic imine (C=N–C) groups is 1. The first-order chi connectivity index (χ1) is 14.2. The van der Waals surface area contributed by atoms with Crippen molar-refractivity contribution in [2.75, 3.05) is 26.2 Å². The van der Waals surface area contributed by atoms with Crippen molar-refractivity contribution in [2.45, 2.75) is 51.5 Å². The van der Waals surface area contributed by atoms with E-state index in [2.05, 4.69) is 27.5 Å². The summed E-state index contributed by atoms with van der Waals surface area (Å²) in [4.78, 5) is 27.4. The molecule has 1 amide bonds. The van der Waals surface area contributed by atoms with Crippen molar-refractivity contribution in [3.8, 4) is 0 Å². The molecule has 2 aromatic rings. The van der Waals surface area contributed by atoms with Gasteiger partial charge in [0.15, 0.2) is 5.96 Å². The summed E-state index contributed by atoms with van der Waals surface area (Å²) in [6.07, 6.45) is 6.29. The molecule has 1 aliphatic carbocycles. The van der Waals surface area contributed by atoms with E-state index in [1.807, 2.05) is 29.2 Å². The highest BCUT2D eigenvalue weighted by Gasteiger charge is 2.32. The molecule has 1 aromatic heterocycles. The molecule has 1 aliphatic heterocycles. The number of aromatic nitrogens is 2. The molecule has 29 heavy (non-hydrogen) atoms. The molecule has 4 rings (SSSR count). The van der Waals surface area contributed by atoms with Crippen LogP contribution in [-0.2, 0) is 11.2 Å². The van der Waals surface area contributed by atoms with Crippen molar-refractivity contribution >= 4 is 22.9 Å². The van der Waals surface area contributed by atoms with Gasteiger partial charge < -0.3 is 20.5 Å². The van der Waals surface area contributed by atoms with Gasteiger partial charge in [-0.2, -0.15) is 0 Å². The topological polar surface area (TPSA) is 85.4 Å². The van der Waals surface area contributed by atoms with E-state index in [4.69, 9.17) is 4.99 Å². The number of aromatic amines is 1. The Morgan fingerprint density at radius 1 is 1.28 bits per heavy atom. The van der Waals surface area contributed by atoms with Gasteiger partial charge in [-0.3, -0.25) is 9.79 Å². The van der Waals surface area contributed by atoms with Crippen LogP contribution in [0.25, 0.3) is 11.0 Å². The molecule has 2 aliphatic rings. The fraction of sp³-hybridized carbons (Fsp3) is 0.591. The van der Waals surface area contributed by atoms with Gasteiger partial charge in [-0.05, 0) is 38.3 Å². The van der Waals surface area contributed by atoms with E-state index in [-0.39, 0.29) is 12.0 Å². The molecule has 156 valence electrons. The SMILES string of the molecule is CCNC(=NCCc1nc2ccccc2[nH]1)NC1CCN(C(=O)C2CCCC2)C1. The normalized spacial score (nSPS) is 20.5. The largest absolute Gasteiger partial charge is 0.357 e. The molecule has 2 fully saturated rings. The van der Waals surface area contributed by atoms with Gasteiger partial charge in [0.25, 0.3) is 0 Å². The molecule has 0 spiro atoms. The monoisotopic (exact) mass is 396 g/mol. The van der Waals surface area contributed by atoms with Gasteiger partial charge in [0.05, 0.1) is 11.0 Å².